The molecule has 188 valence electrons. The molecule has 3 aromatic rings. The molecule has 1 aromatic carbocycles. The first-order chi connectivity index (χ1) is 16.5. The van der Waals surface area contributed by atoms with E-state index < -0.39 is 22.9 Å². The third-order valence-corrected chi connectivity index (χ3v) is 6.79. The maximum Gasteiger partial charge on any atom is 0.407 e. The van der Waals surface area contributed by atoms with Crippen LogP contribution in [0.2, 0.25) is 0 Å². The van der Waals surface area contributed by atoms with Gasteiger partial charge in [0, 0.05) is 36.0 Å². The lowest BCUT2D eigenvalue weighted by atomic mass is 9.98. The van der Waals surface area contributed by atoms with Gasteiger partial charge in [-0.25, -0.2) is 28.3 Å². The van der Waals surface area contributed by atoms with Crippen LogP contribution in [-0.4, -0.2) is 51.2 Å². The minimum absolute atomic E-state index is 0.136. The molecule has 2 aromatic heterocycles. The Morgan fingerprint density at radius 2 is 2.00 bits per heavy atom. The molecule has 35 heavy (non-hydrogen) atoms. The number of thiazole rings is 1. The SMILES string of the molecule is COC(=O)N[C@@H](C)CNc1nccc(-c2sc(C(C)(C)C)nc2-c2cccc(NS(C)=O)c2F)n1. The fraction of sp³-hybridized carbons (Fsp3) is 0.391. The van der Waals surface area contributed by atoms with Gasteiger partial charge in [0.15, 0.2) is 5.82 Å². The Balaban J connectivity index is 2.00. The largest absolute Gasteiger partial charge is 0.453 e. The number of halogens is 1. The van der Waals surface area contributed by atoms with Crippen LogP contribution in [0, 0.1) is 5.82 Å². The van der Waals surface area contributed by atoms with Gasteiger partial charge in [-0.15, -0.1) is 11.3 Å². The number of ether oxygens (including phenoxy) is 1. The van der Waals surface area contributed by atoms with Crippen LogP contribution in [0.25, 0.3) is 21.8 Å². The molecule has 0 aliphatic heterocycles. The van der Waals surface area contributed by atoms with E-state index in [1.54, 1.807) is 24.4 Å². The van der Waals surface area contributed by atoms with E-state index in [1.165, 1.54) is 30.8 Å². The van der Waals surface area contributed by atoms with Gasteiger partial charge in [-0.05, 0) is 25.1 Å². The normalized spacial score (nSPS) is 13.1. The summed E-state index contributed by atoms with van der Waals surface area (Å²) in [5.41, 5.74) is 1.19. The number of amides is 1. The summed E-state index contributed by atoms with van der Waals surface area (Å²) in [6.07, 6.45) is 2.52. The van der Waals surface area contributed by atoms with Crippen molar-refractivity contribution < 1.29 is 18.1 Å². The van der Waals surface area contributed by atoms with Crippen LogP contribution < -0.4 is 15.4 Å². The molecule has 0 fully saturated rings. The predicted molar refractivity (Wildman–Crippen MR) is 138 cm³/mol. The van der Waals surface area contributed by atoms with Crippen molar-refractivity contribution in [3.63, 3.8) is 0 Å². The molecule has 2 heterocycles. The minimum Gasteiger partial charge on any atom is -0.453 e. The van der Waals surface area contributed by atoms with Crippen molar-refractivity contribution >= 4 is 40.1 Å². The topological polar surface area (TPSA) is 118 Å². The van der Waals surface area contributed by atoms with Crippen LogP contribution in [0.15, 0.2) is 30.5 Å². The highest BCUT2D eigenvalue weighted by Crippen LogP contribution is 2.41. The standard InChI is InChI=1S/C23H29FN6O3S2/c1-13(27-22(31)33-5)12-26-21-25-11-10-16(28-21)19-18(29-20(34-19)23(2,3)4)14-8-7-9-15(17(14)24)30-35(6)32/h7-11,13,30H,12H2,1-6H3,(H,27,31)(H,25,26,28)/t13-,35?/m0/s1. The van der Waals surface area contributed by atoms with Crippen molar-refractivity contribution in [3.8, 4) is 21.8 Å². The van der Waals surface area contributed by atoms with Crippen LogP contribution >= 0.6 is 11.3 Å². The quantitative estimate of drug-likeness (QED) is 0.398. The van der Waals surface area contributed by atoms with Gasteiger partial charge in [-0.3, -0.25) is 0 Å². The summed E-state index contributed by atoms with van der Waals surface area (Å²) in [6.45, 7) is 8.31. The van der Waals surface area contributed by atoms with Crippen molar-refractivity contribution in [1.82, 2.24) is 20.3 Å². The molecule has 0 radical (unpaired) electrons. The molecule has 12 heteroatoms. The maximum absolute atomic E-state index is 15.4. The van der Waals surface area contributed by atoms with E-state index in [4.69, 9.17) is 4.98 Å². The Morgan fingerprint density at radius 3 is 2.66 bits per heavy atom. The van der Waals surface area contributed by atoms with E-state index in [-0.39, 0.29) is 22.7 Å². The number of rotatable bonds is 8. The lowest BCUT2D eigenvalue weighted by Crippen LogP contribution is -2.37. The molecule has 2 atom stereocenters. The average molecular weight is 521 g/mol. The first-order valence-electron chi connectivity index (χ1n) is 10.8. The van der Waals surface area contributed by atoms with Gasteiger partial charge in [0.05, 0.1) is 34.1 Å². The number of aromatic nitrogens is 3. The zero-order valence-electron chi connectivity index (χ0n) is 20.4. The second kappa shape index (κ2) is 11.1. The van der Waals surface area contributed by atoms with Crippen molar-refractivity contribution in [2.45, 2.75) is 39.2 Å². The van der Waals surface area contributed by atoms with Gasteiger partial charge in [0.25, 0.3) is 0 Å². The smallest absolute Gasteiger partial charge is 0.407 e. The van der Waals surface area contributed by atoms with Gasteiger partial charge in [-0.2, -0.15) is 0 Å². The number of carbonyl (C=O) groups is 1. The molecule has 0 aliphatic carbocycles. The molecule has 0 bridgehead atoms. The van der Waals surface area contributed by atoms with Crippen LogP contribution in [0.4, 0.5) is 20.8 Å². The van der Waals surface area contributed by atoms with E-state index in [0.29, 0.717) is 28.8 Å². The number of nitrogens with zero attached hydrogens (tertiary/aromatic N) is 3. The number of alkyl carbamates (subject to hydrolysis) is 1. The Hall–Kier alpha value is -3.12. The van der Waals surface area contributed by atoms with E-state index in [0.717, 1.165) is 5.01 Å². The summed E-state index contributed by atoms with van der Waals surface area (Å²) in [7, 11) is -0.124. The monoisotopic (exact) mass is 520 g/mol. The third kappa shape index (κ3) is 6.73. The Morgan fingerprint density at radius 1 is 1.26 bits per heavy atom. The van der Waals surface area contributed by atoms with Gasteiger partial charge in [-0.1, -0.05) is 26.8 Å². The molecular weight excluding hydrogens is 491 g/mol. The molecule has 0 saturated carbocycles. The molecule has 0 saturated heterocycles. The van der Waals surface area contributed by atoms with Crippen LogP contribution in [-0.2, 0) is 21.1 Å². The van der Waals surface area contributed by atoms with Gasteiger partial charge in [0.1, 0.15) is 11.0 Å². The Bertz CT molecular complexity index is 1230. The minimum atomic E-state index is -1.43. The summed E-state index contributed by atoms with van der Waals surface area (Å²) in [5.74, 6) is -0.181. The van der Waals surface area contributed by atoms with Crippen molar-refractivity contribution in [2.24, 2.45) is 0 Å². The summed E-state index contributed by atoms with van der Waals surface area (Å²) in [5, 5.41) is 6.58. The van der Waals surface area contributed by atoms with Crippen molar-refractivity contribution in [1.29, 1.82) is 0 Å². The second-order valence-electron chi connectivity index (χ2n) is 8.85. The lowest BCUT2D eigenvalue weighted by Gasteiger charge is -2.14. The number of anilines is 2. The number of hydrogen-bond donors (Lipinski definition) is 3. The molecule has 1 unspecified atom stereocenters. The summed E-state index contributed by atoms with van der Waals surface area (Å²) in [6, 6.07) is 6.38. The van der Waals surface area contributed by atoms with Gasteiger partial charge in [0.2, 0.25) is 5.95 Å². The third-order valence-electron chi connectivity index (χ3n) is 4.78. The summed E-state index contributed by atoms with van der Waals surface area (Å²) >= 11 is 1.44. The molecule has 3 N–H and O–H groups in total. The number of hydrogen-bond acceptors (Lipinski definition) is 8. The number of carbonyl (C=O) groups excluding carboxylic acids is 1. The molecule has 0 aliphatic rings. The number of benzene rings is 1. The fourth-order valence-corrected chi connectivity index (χ4v) is 4.65. The van der Waals surface area contributed by atoms with E-state index >= 15 is 4.39 Å². The zero-order chi connectivity index (χ0) is 25.8. The molecular formula is C23H29FN6O3S2. The maximum atomic E-state index is 15.4. The van der Waals surface area contributed by atoms with Gasteiger partial charge >= 0.3 is 6.09 Å². The van der Waals surface area contributed by atoms with E-state index in [2.05, 4.69) is 30.1 Å². The fourth-order valence-electron chi connectivity index (χ4n) is 3.07. The Kier molecular flexibility index (Phi) is 8.39. The van der Waals surface area contributed by atoms with E-state index in [1.807, 2.05) is 27.7 Å². The van der Waals surface area contributed by atoms with Crippen LogP contribution in [0.5, 0.6) is 0 Å². The van der Waals surface area contributed by atoms with Crippen LogP contribution in [0.1, 0.15) is 32.7 Å². The van der Waals surface area contributed by atoms with Crippen molar-refractivity contribution in [3.05, 3.63) is 41.3 Å². The summed E-state index contributed by atoms with van der Waals surface area (Å²) in [4.78, 5) is 25.7. The highest BCUT2D eigenvalue weighted by atomic mass is 32.2. The molecule has 0 spiro atoms. The lowest BCUT2D eigenvalue weighted by molar-refractivity contribution is 0.168. The second-order valence-corrected chi connectivity index (χ2v) is 11.0. The first kappa shape index (κ1) is 26.5. The highest BCUT2D eigenvalue weighted by molar-refractivity contribution is 7.85. The summed E-state index contributed by atoms with van der Waals surface area (Å²) < 4.78 is 34.3. The number of nitrogens with one attached hydrogen (secondary N) is 3. The van der Waals surface area contributed by atoms with Crippen molar-refractivity contribution in [2.75, 3.05) is 29.9 Å². The molecule has 1 amide bonds. The number of methoxy groups -OCH3 is 1. The molecule has 3 rings (SSSR count). The Labute approximate surface area is 210 Å². The highest BCUT2D eigenvalue weighted by Gasteiger charge is 2.26. The average Bonchev–Trinajstić information content (AvgIpc) is 3.25. The van der Waals surface area contributed by atoms with E-state index in [9.17, 15) is 9.00 Å². The van der Waals surface area contributed by atoms with Gasteiger partial charge < -0.3 is 20.1 Å². The molecule has 9 nitrogen and oxygen atoms in total. The predicted octanol–water partition coefficient (Wildman–Crippen LogP) is 4.57. The first-order valence-corrected chi connectivity index (χ1v) is 13.2. The zero-order valence-corrected chi connectivity index (χ0v) is 22.1. The van der Waals surface area contributed by atoms with Crippen LogP contribution in [0.3, 0.4) is 0 Å².